The van der Waals surface area contributed by atoms with Gasteiger partial charge in [0.15, 0.2) is 0 Å². The molecule has 2 N–H and O–H groups in total. The van der Waals surface area contributed by atoms with Gasteiger partial charge in [0.2, 0.25) is 5.95 Å². The van der Waals surface area contributed by atoms with E-state index in [0.717, 1.165) is 10.0 Å². The summed E-state index contributed by atoms with van der Waals surface area (Å²) in [6, 6.07) is 10.0. The lowest BCUT2D eigenvalue weighted by Gasteiger charge is -2.06. The zero-order valence-corrected chi connectivity index (χ0v) is 11.4. The molecule has 0 bridgehead atoms. The molecule has 0 unspecified atom stereocenters. The van der Waals surface area contributed by atoms with Crippen molar-refractivity contribution >= 4 is 21.9 Å². The van der Waals surface area contributed by atoms with Crippen LogP contribution < -0.4 is 5.73 Å². The molecule has 4 nitrogen and oxygen atoms in total. The molecule has 0 radical (unpaired) electrons. The maximum absolute atomic E-state index is 9.13. The molecule has 0 aliphatic heterocycles. The van der Waals surface area contributed by atoms with E-state index in [9.17, 15) is 0 Å². The molecule has 1 heterocycles. The number of benzene rings is 1. The number of rotatable bonds is 2. The number of nitrogen functional groups attached to an aromatic ring is 1. The largest absolute Gasteiger partial charge is 0.368 e. The second-order valence-electron chi connectivity index (χ2n) is 3.90. The highest BCUT2D eigenvalue weighted by molar-refractivity contribution is 9.10. The van der Waals surface area contributed by atoms with Crippen LogP contribution in [0, 0.1) is 18.3 Å². The third-order valence-electron chi connectivity index (χ3n) is 2.58. The Morgan fingerprint density at radius 3 is 2.56 bits per heavy atom. The van der Waals surface area contributed by atoms with E-state index in [4.69, 9.17) is 11.0 Å². The SMILES string of the molecule is Cc1nc(N)nc(Cc2ccc(Br)cc2)c1C#N. The van der Waals surface area contributed by atoms with E-state index >= 15 is 0 Å². The second-order valence-corrected chi connectivity index (χ2v) is 4.82. The summed E-state index contributed by atoms with van der Waals surface area (Å²) in [5.74, 6) is 0.207. The topological polar surface area (TPSA) is 75.6 Å². The Kier molecular flexibility index (Phi) is 3.58. The number of aryl methyl sites for hydroxylation is 1. The smallest absolute Gasteiger partial charge is 0.220 e. The Morgan fingerprint density at radius 1 is 1.28 bits per heavy atom. The molecule has 0 spiro atoms. The third kappa shape index (κ3) is 2.66. The second kappa shape index (κ2) is 5.15. The number of aromatic nitrogens is 2. The van der Waals surface area contributed by atoms with E-state index < -0.39 is 0 Å². The van der Waals surface area contributed by atoms with E-state index in [2.05, 4.69) is 32.0 Å². The van der Waals surface area contributed by atoms with Crippen molar-refractivity contribution in [2.75, 3.05) is 5.73 Å². The zero-order valence-electron chi connectivity index (χ0n) is 9.81. The number of anilines is 1. The molecule has 90 valence electrons. The number of halogens is 1. The average Bonchev–Trinajstić information content (AvgIpc) is 2.32. The van der Waals surface area contributed by atoms with Crippen molar-refractivity contribution in [2.45, 2.75) is 13.3 Å². The quantitative estimate of drug-likeness (QED) is 0.925. The maximum Gasteiger partial charge on any atom is 0.220 e. The van der Waals surface area contributed by atoms with Crippen LogP contribution in [0.4, 0.5) is 5.95 Å². The van der Waals surface area contributed by atoms with Gasteiger partial charge in [0, 0.05) is 10.9 Å². The molecule has 1 aromatic heterocycles. The summed E-state index contributed by atoms with van der Waals surface area (Å²) in [4.78, 5) is 8.15. The first-order valence-electron chi connectivity index (χ1n) is 5.37. The summed E-state index contributed by atoms with van der Waals surface area (Å²) in [5.41, 5.74) is 8.50. The molecule has 2 aromatic rings. The Labute approximate surface area is 114 Å². The maximum atomic E-state index is 9.13. The van der Waals surface area contributed by atoms with Crippen molar-refractivity contribution in [2.24, 2.45) is 0 Å². The van der Waals surface area contributed by atoms with Crippen LogP contribution in [0.25, 0.3) is 0 Å². The van der Waals surface area contributed by atoms with Crippen molar-refractivity contribution < 1.29 is 0 Å². The Hall–Kier alpha value is -1.93. The van der Waals surface area contributed by atoms with E-state index in [-0.39, 0.29) is 5.95 Å². The van der Waals surface area contributed by atoms with E-state index in [0.29, 0.717) is 23.4 Å². The van der Waals surface area contributed by atoms with Crippen LogP contribution >= 0.6 is 15.9 Å². The highest BCUT2D eigenvalue weighted by Gasteiger charge is 2.10. The Morgan fingerprint density at radius 2 is 1.94 bits per heavy atom. The zero-order chi connectivity index (χ0) is 13.1. The van der Waals surface area contributed by atoms with Gasteiger partial charge in [0.1, 0.15) is 6.07 Å². The van der Waals surface area contributed by atoms with Gasteiger partial charge in [-0.2, -0.15) is 5.26 Å². The number of hydrogen-bond acceptors (Lipinski definition) is 4. The van der Waals surface area contributed by atoms with Crippen LogP contribution in [-0.2, 0) is 6.42 Å². The monoisotopic (exact) mass is 302 g/mol. The van der Waals surface area contributed by atoms with Gasteiger partial charge >= 0.3 is 0 Å². The Balaban J connectivity index is 2.40. The van der Waals surface area contributed by atoms with Crippen LogP contribution in [0.5, 0.6) is 0 Å². The molecule has 0 amide bonds. The standard InChI is InChI=1S/C13H11BrN4/c1-8-11(7-15)12(18-13(16)17-8)6-9-2-4-10(14)5-3-9/h2-5H,6H2,1H3,(H2,16,17,18). The van der Waals surface area contributed by atoms with Crippen molar-refractivity contribution in [3.63, 3.8) is 0 Å². The molecule has 0 saturated carbocycles. The third-order valence-corrected chi connectivity index (χ3v) is 3.11. The molecule has 0 atom stereocenters. The fourth-order valence-electron chi connectivity index (χ4n) is 1.72. The summed E-state index contributed by atoms with van der Waals surface area (Å²) in [7, 11) is 0. The van der Waals surface area contributed by atoms with Crippen molar-refractivity contribution in [1.29, 1.82) is 5.26 Å². The molecule has 0 aliphatic rings. The fraction of sp³-hybridized carbons (Fsp3) is 0.154. The average molecular weight is 303 g/mol. The van der Waals surface area contributed by atoms with Gasteiger partial charge in [-0.25, -0.2) is 9.97 Å². The van der Waals surface area contributed by atoms with Crippen molar-refractivity contribution in [3.05, 3.63) is 51.3 Å². The summed E-state index contributed by atoms with van der Waals surface area (Å²) in [5, 5.41) is 9.13. The van der Waals surface area contributed by atoms with Gasteiger partial charge in [-0.3, -0.25) is 0 Å². The minimum Gasteiger partial charge on any atom is -0.368 e. The molecule has 5 heteroatoms. The van der Waals surface area contributed by atoms with Crippen molar-refractivity contribution in [3.8, 4) is 6.07 Å². The molecule has 1 aromatic carbocycles. The molecular formula is C13H11BrN4. The van der Waals surface area contributed by atoms with Gasteiger partial charge in [-0.1, -0.05) is 28.1 Å². The molecule has 2 rings (SSSR count). The summed E-state index contributed by atoms with van der Waals surface area (Å²) in [6.45, 7) is 1.77. The lowest BCUT2D eigenvalue weighted by molar-refractivity contribution is 0.996. The summed E-state index contributed by atoms with van der Waals surface area (Å²) < 4.78 is 1.02. The van der Waals surface area contributed by atoms with Gasteiger partial charge in [0.25, 0.3) is 0 Å². The van der Waals surface area contributed by atoms with Gasteiger partial charge in [0.05, 0.1) is 17.0 Å². The first-order valence-corrected chi connectivity index (χ1v) is 6.17. The first kappa shape index (κ1) is 12.5. The van der Waals surface area contributed by atoms with Crippen LogP contribution in [-0.4, -0.2) is 9.97 Å². The lowest BCUT2D eigenvalue weighted by atomic mass is 10.1. The number of hydrogen-bond donors (Lipinski definition) is 1. The molecule has 0 aliphatic carbocycles. The predicted molar refractivity (Wildman–Crippen MR) is 72.8 cm³/mol. The minimum atomic E-state index is 0.207. The van der Waals surface area contributed by atoms with Crippen LogP contribution in [0.2, 0.25) is 0 Å². The van der Waals surface area contributed by atoms with E-state index in [1.807, 2.05) is 24.3 Å². The van der Waals surface area contributed by atoms with E-state index in [1.54, 1.807) is 6.92 Å². The highest BCUT2D eigenvalue weighted by atomic mass is 79.9. The minimum absolute atomic E-state index is 0.207. The first-order chi connectivity index (χ1) is 8.60. The number of nitrogens with zero attached hydrogens (tertiary/aromatic N) is 3. The normalized spacial score (nSPS) is 10.1. The molecule has 18 heavy (non-hydrogen) atoms. The van der Waals surface area contributed by atoms with Crippen LogP contribution in [0.1, 0.15) is 22.5 Å². The lowest BCUT2D eigenvalue weighted by Crippen LogP contribution is -2.06. The Bertz CT molecular complexity index is 614. The number of nitriles is 1. The fourth-order valence-corrected chi connectivity index (χ4v) is 1.99. The van der Waals surface area contributed by atoms with Crippen LogP contribution in [0.3, 0.4) is 0 Å². The summed E-state index contributed by atoms with van der Waals surface area (Å²) in [6.07, 6.45) is 0.573. The van der Waals surface area contributed by atoms with Gasteiger partial charge in [-0.05, 0) is 24.6 Å². The highest BCUT2D eigenvalue weighted by Crippen LogP contribution is 2.17. The molecular weight excluding hydrogens is 292 g/mol. The predicted octanol–water partition coefficient (Wildman–Crippen LogP) is 2.59. The van der Waals surface area contributed by atoms with Crippen LogP contribution in [0.15, 0.2) is 28.7 Å². The molecule has 0 saturated heterocycles. The molecule has 0 fully saturated rings. The van der Waals surface area contributed by atoms with Gasteiger partial charge in [-0.15, -0.1) is 0 Å². The van der Waals surface area contributed by atoms with Gasteiger partial charge < -0.3 is 5.73 Å². The van der Waals surface area contributed by atoms with Crippen molar-refractivity contribution in [1.82, 2.24) is 9.97 Å². The van der Waals surface area contributed by atoms with E-state index in [1.165, 1.54) is 0 Å². The number of nitrogens with two attached hydrogens (primary N) is 1. The summed E-state index contributed by atoms with van der Waals surface area (Å²) >= 11 is 3.38.